The van der Waals surface area contributed by atoms with Crippen LogP contribution in [0, 0.1) is 6.92 Å². The highest BCUT2D eigenvalue weighted by Gasteiger charge is 2.19. The molecule has 142 valence electrons. The van der Waals surface area contributed by atoms with E-state index in [0.29, 0.717) is 5.75 Å². The van der Waals surface area contributed by atoms with Crippen molar-refractivity contribution in [3.05, 3.63) is 65.7 Å². The third-order valence-corrected chi connectivity index (χ3v) is 5.00. The monoisotopic (exact) mass is 374 g/mol. The molecule has 1 aromatic heterocycles. The van der Waals surface area contributed by atoms with Gasteiger partial charge in [0.2, 0.25) is 0 Å². The lowest BCUT2D eigenvalue weighted by molar-refractivity contribution is 0.281. The molecule has 0 aliphatic carbocycles. The first-order chi connectivity index (χ1) is 13.7. The molecule has 28 heavy (non-hydrogen) atoms. The van der Waals surface area contributed by atoms with E-state index in [1.165, 1.54) is 0 Å². The van der Waals surface area contributed by atoms with E-state index in [1.807, 2.05) is 55.5 Å². The number of anilines is 2. The van der Waals surface area contributed by atoms with Gasteiger partial charge >= 0.3 is 0 Å². The molecule has 4 rings (SSSR count). The Morgan fingerprint density at radius 1 is 1.00 bits per heavy atom. The zero-order valence-corrected chi connectivity index (χ0v) is 16.1. The molecule has 0 amide bonds. The first-order valence-electron chi connectivity index (χ1n) is 9.07. The van der Waals surface area contributed by atoms with E-state index in [2.05, 4.69) is 11.4 Å². The zero-order chi connectivity index (χ0) is 19.7. The second-order valence-corrected chi connectivity index (χ2v) is 6.60. The van der Waals surface area contributed by atoms with Crippen molar-refractivity contribution in [1.29, 1.82) is 0 Å². The number of para-hydroxylation sites is 1. The number of aliphatic hydroxyl groups excluding tert-OH is 1. The summed E-state index contributed by atoms with van der Waals surface area (Å²) in [4.78, 5) is 4.85. The van der Waals surface area contributed by atoms with Crippen LogP contribution in [-0.2, 0) is 6.61 Å². The summed E-state index contributed by atoms with van der Waals surface area (Å²) in [6, 6.07) is 17.8. The SMILES string of the molecule is COc1ccc2nc3c(CO)c(C)c(OC)c(Nc4ccccc4)c3cc2c1. The maximum absolute atomic E-state index is 10.0. The molecule has 5 heteroatoms. The lowest BCUT2D eigenvalue weighted by Crippen LogP contribution is -2.03. The molecule has 0 saturated carbocycles. The van der Waals surface area contributed by atoms with Crippen LogP contribution in [0.3, 0.4) is 0 Å². The normalized spacial score (nSPS) is 11.0. The molecule has 0 aliphatic heterocycles. The van der Waals surface area contributed by atoms with Gasteiger partial charge in [0.15, 0.2) is 0 Å². The van der Waals surface area contributed by atoms with Gasteiger partial charge in [-0.3, -0.25) is 0 Å². The Kier molecular flexibility index (Phi) is 4.75. The first-order valence-corrected chi connectivity index (χ1v) is 9.07. The second kappa shape index (κ2) is 7.37. The second-order valence-electron chi connectivity index (χ2n) is 6.60. The highest BCUT2D eigenvalue weighted by Crippen LogP contribution is 2.42. The lowest BCUT2D eigenvalue weighted by atomic mass is 9.99. The molecule has 0 aliphatic rings. The molecular formula is C23H22N2O3. The van der Waals surface area contributed by atoms with E-state index in [9.17, 15) is 5.11 Å². The van der Waals surface area contributed by atoms with Gasteiger partial charge in [-0.1, -0.05) is 18.2 Å². The molecule has 4 aromatic rings. The van der Waals surface area contributed by atoms with Gasteiger partial charge in [0.25, 0.3) is 0 Å². The number of nitrogens with one attached hydrogen (secondary N) is 1. The van der Waals surface area contributed by atoms with Crippen LogP contribution < -0.4 is 14.8 Å². The van der Waals surface area contributed by atoms with Gasteiger partial charge in [0, 0.05) is 27.6 Å². The number of hydrogen-bond acceptors (Lipinski definition) is 5. The highest BCUT2D eigenvalue weighted by molar-refractivity contribution is 6.05. The molecular weight excluding hydrogens is 352 g/mol. The summed E-state index contributed by atoms with van der Waals surface area (Å²) in [5.41, 5.74) is 5.02. The van der Waals surface area contributed by atoms with E-state index in [0.717, 1.165) is 50.1 Å². The average Bonchev–Trinajstić information content (AvgIpc) is 2.73. The minimum Gasteiger partial charge on any atom is -0.497 e. The molecule has 0 atom stereocenters. The number of ether oxygens (including phenoxy) is 2. The average molecular weight is 374 g/mol. The number of methoxy groups -OCH3 is 2. The number of nitrogens with zero attached hydrogens (tertiary/aromatic N) is 1. The summed E-state index contributed by atoms with van der Waals surface area (Å²) in [5.74, 6) is 1.47. The fourth-order valence-electron chi connectivity index (χ4n) is 3.57. The Morgan fingerprint density at radius 2 is 1.79 bits per heavy atom. The van der Waals surface area contributed by atoms with Crippen LogP contribution >= 0.6 is 0 Å². The maximum atomic E-state index is 10.0. The van der Waals surface area contributed by atoms with Gasteiger partial charge in [-0.15, -0.1) is 0 Å². The Balaban J connectivity index is 2.07. The molecule has 1 heterocycles. The van der Waals surface area contributed by atoms with E-state index >= 15 is 0 Å². The Bertz CT molecular complexity index is 1160. The predicted octanol–water partition coefficient (Wildman–Crippen LogP) is 4.95. The van der Waals surface area contributed by atoms with Gasteiger partial charge < -0.3 is 19.9 Å². The quantitative estimate of drug-likeness (QED) is 0.484. The number of aliphatic hydroxyl groups is 1. The van der Waals surface area contributed by atoms with Crippen molar-refractivity contribution in [2.75, 3.05) is 19.5 Å². The minimum atomic E-state index is -0.112. The highest BCUT2D eigenvalue weighted by atomic mass is 16.5. The molecule has 0 radical (unpaired) electrons. The van der Waals surface area contributed by atoms with Gasteiger partial charge in [-0.25, -0.2) is 4.98 Å². The molecule has 0 spiro atoms. The molecule has 5 nitrogen and oxygen atoms in total. The molecule has 0 saturated heterocycles. The summed E-state index contributed by atoms with van der Waals surface area (Å²) in [7, 11) is 3.29. The van der Waals surface area contributed by atoms with Crippen LogP contribution in [0.2, 0.25) is 0 Å². The summed E-state index contributed by atoms with van der Waals surface area (Å²) >= 11 is 0. The summed E-state index contributed by atoms with van der Waals surface area (Å²) in [5, 5.41) is 15.4. The molecule has 2 N–H and O–H groups in total. The van der Waals surface area contributed by atoms with Crippen molar-refractivity contribution in [2.45, 2.75) is 13.5 Å². The lowest BCUT2D eigenvalue weighted by Gasteiger charge is -2.20. The van der Waals surface area contributed by atoms with Crippen molar-refractivity contribution in [3.8, 4) is 11.5 Å². The van der Waals surface area contributed by atoms with Crippen molar-refractivity contribution >= 4 is 33.2 Å². The number of benzene rings is 3. The number of hydrogen-bond donors (Lipinski definition) is 2. The minimum absolute atomic E-state index is 0.112. The first kappa shape index (κ1) is 18.1. The maximum Gasteiger partial charge on any atom is 0.146 e. The number of pyridine rings is 1. The van der Waals surface area contributed by atoms with E-state index in [-0.39, 0.29) is 6.61 Å². The van der Waals surface area contributed by atoms with Crippen LogP contribution in [0.15, 0.2) is 54.6 Å². The summed E-state index contributed by atoms with van der Waals surface area (Å²) in [6.07, 6.45) is 0. The van der Waals surface area contributed by atoms with Gasteiger partial charge in [-0.2, -0.15) is 0 Å². The third-order valence-electron chi connectivity index (χ3n) is 5.00. The third kappa shape index (κ3) is 3.00. The fourth-order valence-corrected chi connectivity index (χ4v) is 3.57. The number of fused-ring (bicyclic) bond motifs is 2. The Labute approximate surface area is 163 Å². The van der Waals surface area contributed by atoms with E-state index in [1.54, 1.807) is 14.2 Å². The van der Waals surface area contributed by atoms with Gasteiger partial charge in [0.05, 0.1) is 37.5 Å². The standard InChI is InChI=1S/C23H22N2O3/c1-14-19(13-26)21-18(12-15-11-17(27-2)9-10-20(15)25-21)22(23(14)28-3)24-16-7-5-4-6-8-16/h4-12,24,26H,13H2,1-3H3. The number of aromatic nitrogens is 1. The van der Waals surface area contributed by atoms with Gasteiger partial charge in [0.1, 0.15) is 11.5 Å². The van der Waals surface area contributed by atoms with Crippen molar-refractivity contribution < 1.29 is 14.6 Å². The van der Waals surface area contributed by atoms with E-state index in [4.69, 9.17) is 14.5 Å². The van der Waals surface area contributed by atoms with Crippen LogP contribution in [0.1, 0.15) is 11.1 Å². The van der Waals surface area contributed by atoms with Crippen LogP contribution in [0.5, 0.6) is 11.5 Å². The summed E-state index contributed by atoms with van der Waals surface area (Å²) < 4.78 is 11.1. The van der Waals surface area contributed by atoms with E-state index < -0.39 is 0 Å². The molecule has 0 unspecified atom stereocenters. The molecule has 0 bridgehead atoms. The zero-order valence-electron chi connectivity index (χ0n) is 16.1. The molecule has 0 fully saturated rings. The Hall–Kier alpha value is -3.31. The summed E-state index contributed by atoms with van der Waals surface area (Å²) in [6.45, 7) is 1.83. The van der Waals surface area contributed by atoms with Gasteiger partial charge in [-0.05, 0) is 43.3 Å². The van der Waals surface area contributed by atoms with Crippen molar-refractivity contribution in [1.82, 2.24) is 4.98 Å². The van der Waals surface area contributed by atoms with Crippen LogP contribution in [0.25, 0.3) is 21.8 Å². The molecule has 3 aromatic carbocycles. The topological polar surface area (TPSA) is 63.6 Å². The predicted molar refractivity (Wildman–Crippen MR) is 113 cm³/mol. The Morgan fingerprint density at radius 3 is 2.46 bits per heavy atom. The fraction of sp³-hybridized carbons (Fsp3) is 0.174. The van der Waals surface area contributed by atoms with Crippen molar-refractivity contribution in [2.24, 2.45) is 0 Å². The van der Waals surface area contributed by atoms with Crippen LogP contribution in [0.4, 0.5) is 11.4 Å². The smallest absolute Gasteiger partial charge is 0.146 e. The largest absolute Gasteiger partial charge is 0.497 e. The van der Waals surface area contributed by atoms with Crippen LogP contribution in [-0.4, -0.2) is 24.3 Å². The van der Waals surface area contributed by atoms with Crippen molar-refractivity contribution in [3.63, 3.8) is 0 Å². The number of rotatable bonds is 5.